The van der Waals surface area contributed by atoms with E-state index >= 15 is 0 Å². The number of fused-ring (bicyclic) bond motifs is 7. The lowest BCUT2D eigenvalue weighted by Gasteiger charge is -2.73. The molecule has 0 heterocycles. The maximum absolute atomic E-state index is 13.2. The summed E-state index contributed by atoms with van der Waals surface area (Å²) in [4.78, 5) is 37.6. The topological polar surface area (TPSA) is 89.9 Å². The van der Waals surface area contributed by atoms with E-state index in [2.05, 4.69) is 48.1 Å². The lowest BCUT2D eigenvalue weighted by molar-refractivity contribution is -0.266. The number of ether oxygens (including phenoxy) is 2. The highest BCUT2D eigenvalue weighted by Gasteiger charge is 2.75. The number of carbonyl (C=O) groups excluding carboxylic acids is 2. The van der Waals surface area contributed by atoms with Gasteiger partial charge >= 0.3 is 17.9 Å². The van der Waals surface area contributed by atoms with E-state index in [0.29, 0.717) is 24.7 Å². The van der Waals surface area contributed by atoms with Gasteiger partial charge in [-0.2, -0.15) is 0 Å². The molecular formula is C34H52O6. The quantitative estimate of drug-likeness (QED) is 0.291. The predicted molar refractivity (Wildman–Crippen MR) is 153 cm³/mol. The summed E-state index contributed by atoms with van der Waals surface area (Å²) >= 11 is 0. The zero-order chi connectivity index (χ0) is 29.6. The second kappa shape index (κ2) is 9.33. The van der Waals surface area contributed by atoms with E-state index in [0.717, 1.165) is 50.5 Å². The highest BCUT2D eigenvalue weighted by atomic mass is 16.5. The lowest BCUT2D eigenvalue weighted by Crippen LogP contribution is -2.69. The van der Waals surface area contributed by atoms with Crippen LogP contribution in [0.1, 0.15) is 113 Å². The molecule has 5 saturated carbocycles. The number of hydrogen-bond donors (Lipinski definition) is 1. The molecule has 0 aromatic heterocycles. The van der Waals surface area contributed by atoms with Crippen LogP contribution in [-0.4, -0.2) is 35.2 Å². The maximum Gasteiger partial charge on any atom is 0.313 e. The summed E-state index contributed by atoms with van der Waals surface area (Å²) in [6.45, 7) is 21.3. The predicted octanol–water partition coefficient (Wildman–Crippen LogP) is 7.20. The third kappa shape index (κ3) is 3.75. The molecule has 5 aliphatic rings. The third-order valence-electron chi connectivity index (χ3n) is 14.0. The van der Waals surface area contributed by atoms with Gasteiger partial charge in [0, 0.05) is 19.3 Å². The molecule has 0 spiro atoms. The van der Waals surface area contributed by atoms with Crippen molar-refractivity contribution in [3.8, 4) is 0 Å². The van der Waals surface area contributed by atoms with E-state index in [1.165, 1.54) is 13.8 Å². The van der Waals surface area contributed by atoms with Crippen LogP contribution >= 0.6 is 0 Å². The third-order valence-corrected chi connectivity index (χ3v) is 14.0. The van der Waals surface area contributed by atoms with Crippen molar-refractivity contribution in [1.82, 2.24) is 0 Å². The molecule has 0 radical (unpaired) electrons. The van der Waals surface area contributed by atoms with Gasteiger partial charge in [0.05, 0.1) is 0 Å². The Morgan fingerprint density at radius 2 is 1.38 bits per heavy atom. The van der Waals surface area contributed by atoms with Gasteiger partial charge in [0.15, 0.2) is 0 Å². The first kappa shape index (κ1) is 29.6. The average Bonchev–Trinajstić information content (AvgIpc) is 3.23. The zero-order valence-corrected chi connectivity index (χ0v) is 26.1. The SMILES string of the molecule is C=C(C)[C@@H]1CC[C@@]2(C(=O)O)[C@H]1[C@H]1CC[C@@H]3[C@@]4(C)CC[C@H](OC(C)=O)C(C)(C)[C@@H]4CC[C@@]3(C)[C@]1(C)C[C@@H]2OC(C)=O. The Morgan fingerprint density at radius 3 is 1.95 bits per heavy atom. The Labute approximate surface area is 241 Å². The lowest BCUT2D eigenvalue weighted by atomic mass is 9.32. The Kier molecular flexibility index (Phi) is 6.91. The molecule has 0 bridgehead atoms. The molecule has 0 aromatic carbocycles. The Bertz CT molecular complexity index is 1110. The average molecular weight is 557 g/mol. The molecule has 0 saturated heterocycles. The van der Waals surface area contributed by atoms with Crippen LogP contribution in [0.4, 0.5) is 0 Å². The molecule has 5 rings (SSSR count). The number of esters is 2. The van der Waals surface area contributed by atoms with Crippen molar-refractivity contribution < 1.29 is 29.0 Å². The fraction of sp³-hybridized carbons (Fsp3) is 0.853. The van der Waals surface area contributed by atoms with E-state index in [-0.39, 0.29) is 57.5 Å². The van der Waals surface area contributed by atoms with Crippen LogP contribution < -0.4 is 0 Å². The number of allylic oxidation sites excluding steroid dienone is 1. The first-order valence-corrected chi connectivity index (χ1v) is 15.7. The summed E-state index contributed by atoms with van der Waals surface area (Å²) in [5, 5.41) is 10.8. The molecule has 6 heteroatoms. The smallest absolute Gasteiger partial charge is 0.313 e. The summed E-state index contributed by atoms with van der Waals surface area (Å²) in [6, 6.07) is 0. The molecule has 11 atom stereocenters. The normalized spacial score (nSPS) is 49.0. The number of aliphatic carboxylic acids is 1. The largest absolute Gasteiger partial charge is 0.481 e. The van der Waals surface area contributed by atoms with E-state index < -0.39 is 17.5 Å². The molecule has 5 aliphatic carbocycles. The van der Waals surface area contributed by atoms with Crippen molar-refractivity contribution in [2.45, 2.75) is 125 Å². The van der Waals surface area contributed by atoms with E-state index in [9.17, 15) is 19.5 Å². The first-order valence-electron chi connectivity index (χ1n) is 15.7. The molecule has 0 aromatic rings. The summed E-state index contributed by atoms with van der Waals surface area (Å²) in [5.41, 5.74) is -0.178. The van der Waals surface area contributed by atoms with Crippen LogP contribution in [0.2, 0.25) is 0 Å². The zero-order valence-electron chi connectivity index (χ0n) is 26.1. The molecule has 6 nitrogen and oxygen atoms in total. The molecule has 0 unspecified atom stereocenters. The van der Waals surface area contributed by atoms with Gasteiger partial charge in [0.25, 0.3) is 0 Å². The number of carbonyl (C=O) groups is 3. The first-order chi connectivity index (χ1) is 18.5. The summed E-state index contributed by atoms with van der Waals surface area (Å²) in [7, 11) is 0. The van der Waals surface area contributed by atoms with Gasteiger partial charge in [-0.25, -0.2) is 0 Å². The summed E-state index contributed by atoms with van der Waals surface area (Å²) in [6.07, 6.45) is 7.37. The van der Waals surface area contributed by atoms with E-state index in [1.54, 1.807) is 0 Å². The minimum Gasteiger partial charge on any atom is -0.481 e. The molecule has 1 N–H and O–H groups in total. The van der Waals surface area contributed by atoms with Crippen LogP contribution in [0.15, 0.2) is 12.2 Å². The van der Waals surface area contributed by atoms with E-state index in [4.69, 9.17) is 9.47 Å². The van der Waals surface area contributed by atoms with Gasteiger partial charge in [-0.3, -0.25) is 14.4 Å². The van der Waals surface area contributed by atoms with Crippen molar-refractivity contribution in [2.24, 2.45) is 56.7 Å². The highest BCUT2D eigenvalue weighted by molar-refractivity contribution is 5.78. The van der Waals surface area contributed by atoms with Crippen molar-refractivity contribution in [3.63, 3.8) is 0 Å². The van der Waals surface area contributed by atoms with Crippen molar-refractivity contribution in [2.75, 3.05) is 0 Å². The molecule has 0 aliphatic heterocycles. The number of rotatable bonds is 4. The van der Waals surface area contributed by atoms with Gasteiger partial charge in [0.1, 0.15) is 17.6 Å². The van der Waals surface area contributed by atoms with Crippen LogP contribution in [-0.2, 0) is 23.9 Å². The van der Waals surface area contributed by atoms with Crippen LogP contribution in [0.5, 0.6) is 0 Å². The number of carboxylic acids is 1. The van der Waals surface area contributed by atoms with Gasteiger partial charge < -0.3 is 14.6 Å². The van der Waals surface area contributed by atoms with E-state index in [1.807, 2.05) is 0 Å². The second-order valence-electron chi connectivity index (χ2n) is 15.8. The fourth-order valence-electron chi connectivity index (χ4n) is 12.3. The minimum absolute atomic E-state index is 0.0171. The number of carboxylic acid groups (broad SMARTS) is 1. The van der Waals surface area contributed by atoms with Gasteiger partial charge in [-0.15, -0.1) is 0 Å². The molecule has 40 heavy (non-hydrogen) atoms. The second-order valence-corrected chi connectivity index (χ2v) is 15.8. The van der Waals surface area contributed by atoms with Crippen LogP contribution in [0.25, 0.3) is 0 Å². The van der Waals surface area contributed by atoms with Crippen molar-refractivity contribution in [3.05, 3.63) is 12.2 Å². The van der Waals surface area contributed by atoms with Crippen LogP contribution in [0.3, 0.4) is 0 Å². The van der Waals surface area contributed by atoms with Crippen LogP contribution in [0, 0.1) is 56.7 Å². The molecule has 0 amide bonds. The maximum atomic E-state index is 13.2. The summed E-state index contributed by atoms with van der Waals surface area (Å²) in [5.74, 6) is -0.179. The summed E-state index contributed by atoms with van der Waals surface area (Å²) < 4.78 is 11.9. The fourth-order valence-corrected chi connectivity index (χ4v) is 12.3. The highest BCUT2D eigenvalue weighted by Crippen LogP contribution is 2.77. The van der Waals surface area contributed by atoms with Gasteiger partial charge in [-0.1, -0.05) is 46.8 Å². The van der Waals surface area contributed by atoms with Gasteiger partial charge in [0.2, 0.25) is 0 Å². The Morgan fingerprint density at radius 1 is 0.750 bits per heavy atom. The molecular weight excluding hydrogens is 504 g/mol. The number of hydrogen-bond acceptors (Lipinski definition) is 5. The molecule has 224 valence electrons. The minimum atomic E-state index is -1.05. The molecule has 5 fully saturated rings. The standard InChI is InChI=1S/C34H52O6/c1-19(2)22-12-17-34(29(37)38)27(40-21(4)36)18-33(9)23(28(22)34)10-11-25-31(7)15-14-26(39-20(3)35)30(5,6)24(31)13-16-32(25,33)8/h22-28H,1,10-18H2,2-9H3,(H,37,38)/t22-,23+,24-,25+,26-,27-,28+,31-,32+,33+,34-/m0/s1. The van der Waals surface area contributed by atoms with Crippen molar-refractivity contribution >= 4 is 17.9 Å². The van der Waals surface area contributed by atoms with Crippen molar-refractivity contribution in [1.29, 1.82) is 0 Å². The monoisotopic (exact) mass is 556 g/mol. The Hall–Kier alpha value is -1.85. The Balaban J connectivity index is 1.59. The van der Waals surface area contributed by atoms with Gasteiger partial charge in [-0.05, 0) is 111 Å².